The Kier molecular flexibility index (Phi) is 12.8. The molecule has 0 unspecified atom stereocenters. The maximum absolute atomic E-state index is 14.1. The number of urea groups is 1. The van der Waals surface area contributed by atoms with E-state index in [1.54, 1.807) is 4.90 Å². The summed E-state index contributed by atoms with van der Waals surface area (Å²) in [6.45, 7) is 13.7. The molecule has 0 bridgehead atoms. The van der Waals surface area contributed by atoms with Crippen LogP contribution in [0.25, 0.3) is 0 Å². The smallest absolute Gasteiger partial charge is 0.410 e. The molecular weight excluding hydrogens is 590 g/mol. The average molecular weight is 646 g/mol. The number of benzene rings is 1. The molecular formula is C35H56ClN5O4. The SMILES string of the molecule is CCN(CC)C(=O)N(C1CCCCC1)C1CCN(C(=O)[C@@H](Cc2ccc(Cl)cc2)NC2CCN(C(=O)OC(C)(C)C)CC2)CC1. The van der Waals surface area contributed by atoms with E-state index in [4.69, 9.17) is 16.3 Å². The molecule has 2 aliphatic heterocycles. The van der Waals surface area contributed by atoms with Crippen LogP contribution in [-0.4, -0.2) is 107 Å². The summed E-state index contributed by atoms with van der Waals surface area (Å²) in [7, 11) is 0. The van der Waals surface area contributed by atoms with E-state index in [0.717, 1.165) is 44.1 Å². The highest BCUT2D eigenvalue weighted by Gasteiger charge is 2.38. The summed E-state index contributed by atoms with van der Waals surface area (Å²) >= 11 is 6.16. The molecule has 0 aromatic heterocycles. The predicted octanol–water partition coefficient (Wildman–Crippen LogP) is 6.33. The van der Waals surface area contributed by atoms with E-state index in [1.165, 1.54) is 19.3 Å². The molecule has 1 saturated carbocycles. The van der Waals surface area contributed by atoms with Crippen LogP contribution in [0.5, 0.6) is 0 Å². The van der Waals surface area contributed by atoms with Crippen molar-refractivity contribution < 1.29 is 19.1 Å². The molecule has 10 heteroatoms. The van der Waals surface area contributed by atoms with Crippen LogP contribution in [0.15, 0.2) is 24.3 Å². The van der Waals surface area contributed by atoms with Crippen molar-refractivity contribution in [3.05, 3.63) is 34.9 Å². The molecule has 1 N–H and O–H groups in total. The number of rotatable bonds is 9. The van der Waals surface area contributed by atoms with E-state index in [0.29, 0.717) is 56.8 Å². The Morgan fingerprint density at radius 3 is 1.98 bits per heavy atom. The first kappa shape index (κ1) is 35.3. The molecule has 45 heavy (non-hydrogen) atoms. The number of hydrogen-bond donors (Lipinski definition) is 1. The molecule has 1 aliphatic carbocycles. The Morgan fingerprint density at radius 1 is 0.867 bits per heavy atom. The first-order valence-electron chi connectivity index (χ1n) is 17.3. The van der Waals surface area contributed by atoms with Crippen molar-refractivity contribution in [3.63, 3.8) is 0 Å². The van der Waals surface area contributed by atoms with E-state index < -0.39 is 5.60 Å². The minimum Gasteiger partial charge on any atom is -0.444 e. The van der Waals surface area contributed by atoms with Gasteiger partial charge in [0, 0.05) is 62.4 Å². The molecule has 252 valence electrons. The van der Waals surface area contributed by atoms with Crippen molar-refractivity contribution in [2.24, 2.45) is 0 Å². The lowest BCUT2D eigenvalue weighted by atomic mass is 9.91. The van der Waals surface area contributed by atoms with Crippen molar-refractivity contribution in [3.8, 4) is 0 Å². The van der Waals surface area contributed by atoms with Gasteiger partial charge in [-0.2, -0.15) is 0 Å². The average Bonchev–Trinajstić information content (AvgIpc) is 3.02. The predicted molar refractivity (Wildman–Crippen MR) is 180 cm³/mol. The first-order valence-corrected chi connectivity index (χ1v) is 17.7. The number of piperidine rings is 2. The van der Waals surface area contributed by atoms with Gasteiger partial charge in [0.2, 0.25) is 5.91 Å². The first-order chi connectivity index (χ1) is 21.5. The second-order valence-corrected chi connectivity index (χ2v) is 14.4. The van der Waals surface area contributed by atoms with Gasteiger partial charge in [-0.05, 0) is 97.3 Å². The van der Waals surface area contributed by atoms with Gasteiger partial charge in [-0.15, -0.1) is 0 Å². The van der Waals surface area contributed by atoms with Crippen LogP contribution in [0.3, 0.4) is 0 Å². The van der Waals surface area contributed by atoms with E-state index in [1.807, 2.05) is 54.8 Å². The second kappa shape index (κ2) is 16.3. The zero-order chi connectivity index (χ0) is 32.6. The van der Waals surface area contributed by atoms with Crippen molar-refractivity contribution in [1.82, 2.24) is 24.9 Å². The minimum absolute atomic E-state index is 0.109. The van der Waals surface area contributed by atoms with Gasteiger partial charge in [-0.25, -0.2) is 9.59 Å². The molecule has 2 heterocycles. The van der Waals surface area contributed by atoms with Crippen molar-refractivity contribution in [2.75, 3.05) is 39.3 Å². The highest BCUT2D eigenvalue weighted by molar-refractivity contribution is 6.30. The van der Waals surface area contributed by atoms with Crippen LogP contribution < -0.4 is 5.32 Å². The number of halogens is 1. The third kappa shape index (κ3) is 9.98. The summed E-state index contributed by atoms with van der Waals surface area (Å²) in [6, 6.07) is 8.08. The lowest BCUT2D eigenvalue weighted by Crippen LogP contribution is -2.59. The molecule has 4 rings (SSSR count). The van der Waals surface area contributed by atoms with Gasteiger partial charge >= 0.3 is 12.1 Å². The maximum atomic E-state index is 14.1. The zero-order valence-corrected chi connectivity index (χ0v) is 29.0. The number of hydrogen-bond acceptors (Lipinski definition) is 5. The van der Waals surface area contributed by atoms with Crippen LogP contribution in [0.2, 0.25) is 5.02 Å². The zero-order valence-electron chi connectivity index (χ0n) is 28.2. The maximum Gasteiger partial charge on any atom is 0.410 e. The van der Waals surface area contributed by atoms with E-state index in [2.05, 4.69) is 24.1 Å². The van der Waals surface area contributed by atoms with Crippen LogP contribution in [0.4, 0.5) is 9.59 Å². The summed E-state index contributed by atoms with van der Waals surface area (Å²) in [5.41, 5.74) is 0.529. The highest BCUT2D eigenvalue weighted by atomic mass is 35.5. The monoisotopic (exact) mass is 645 g/mol. The van der Waals surface area contributed by atoms with Gasteiger partial charge in [0.25, 0.3) is 0 Å². The molecule has 4 amide bonds. The fraction of sp³-hybridized carbons (Fsp3) is 0.743. The summed E-state index contributed by atoms with van der Waals surface area (Å²) < 4.78 is 5.57. The van der Waals surface area contributed by atoms with Crippen LogP contribution in [0, 0.1) is 0 Å². The Balaban J connectivity index is 1.41. The van der Waals surface area contributed by atoms with E-state index >= 15 is 0 Å². The molecule has 9 nitrogen and oxygen atoms in total. The molecule has 1 aromatic carbocycles. The molecule has 3 fully saturated rings. The van der Waals surface area contributed by atoms with Gasteiger partial charge in [0.05, 0.1) is 6.04 Å². The van der Waals surface area contributed by atoms with E-state index in [-0.39, 0.29) is 36.2 Å². The highest BCUT2D eigenvalue weighted by Crippen LogP contribution is 2.29. The van der Waals surface area contributed by atoms with Gasteiger partial charge < -0.3 is 29.7 Å². The molecule has 1 atom stereocenters. The van der Waals surface area contributed by atoms with Crippen molar-refractivity contribution in [2.45, 2.75) is 129 Å². The number of carbonyl (C=O) groups excluding carboxylic acids is 3. The lowest BCUT2D eigenvalue weighted by molar-refractivity contribution is -0.135. The molecule has 0 radical (unpaired) electrons. The Hall–Kier alpha value is -2.52. The Labute approximate surface area is 275 Å². The van der Waals surface area contributed by atoms with Crippen molar-refractivity contribution >= 4 is 29.6 Å². The summed E-state index contributed by atoms with van der Waals surface area (Å²) in [5.74, 6) is 0.109. The number of carbonyl (C=O) groups is 3. The third-order valence-electron chi connectivity index (χ3n) is 9.63. The molecule has 3 aliphatic rings. The van der Waals surface area contributed by atoms with Crippen LogP contribution in [-0.2, 0) is 16.0 Å². The van der Waals surface area contributed by atoms with Gasteiger partial charge in [-0.3, -0.25) is 4.79 Å². The summed E-state index contributed by atoms with van der Waals surface area (Å²) in [5, 5.41) is 4.36. The van der Waals surface area contributed by atoms with E-state index in [9.17, 15) is 14.4 Å². The largest absolute Gasteiger partial charge is 0.444 e. The summed E-state index contributed by atoms with van der Waals surface area (Å²) in [4.78, 5) is 48.4. The van der Waals surface area contributed by atoms with Gasteiger partial charge in [0.15, 0.2) is 0 Å². The number of ether oxygens (including phenoxy) is 1. The number of likely N-dealkylation sites (tertiary alicyclic amines) is 2. The fourth-order valence-corrected chi connectivity index (χ4v) is 7.25. The van der Waals surface area contributed by atoms with Gasteiger partial charge in [0.1, 0.15) is 5.60 Å². The Bertz CT molecular complexity index is 1100. The summed E-state index contributed by atoms with van der Waals surface area (Å²) in [6.07, 6.45) is 9.17. The minimum atomic E-state index is -0.526. The molecule has 2 saturated heterocycles. The number of amides is 4. The lowest BCUT2D eigenvalue weighted by Gasteiger charge is -2.45. The van der Waals surface area contributed by atoms with Crippen LogP contribution in [0.1, 0.15) is 98.0 Å². The Morgan fingerprint density at radius 2 is 1.42 bits per heavy atom. The number of nitrogens with zero attached hydrogens (tertiary/aromatic N) is 4. The van der Waals surface area contributed by atoms with Crippen LogP contribution >= 0.6 is 11.6 Å². The topological polar surface area (TPSA) is 85.4 Å². The molecule has 0 spiro atoms. The van der Waals surface area contributed by atoms with Gasteiger partial charge in [-0.1, -0.05) is 43.0 Å². The van der Waals surface area contributed by atoms with Crippen molar-refractivity contribution in [1.29, 1.82) is 0 Å². The third-order valence-corrected chi connectivity index (χ3v) is 9.88. The fourth-order valence-electron chi connectivity index (χ4n) is 7.13. The molecule has 1 aromatic rings. The second-order valence-electron chi connectivity index (χ2n) is 14.0. The standard InChI is InChI=1S/C35H56ClN5O4/c1-6-38(7-2)33(43)41(29-11-9-8-10-12-29)30-19-23-39(24-20-30)32(42)31(25-26-13-15-27(36)16-14-26)37-28-17-21-40(22-18-28)34(44)45-35(3,4)5/h13-16,28-31,37H,6-12,17-25H2,1-5H3/t31-/m1/s1. The normalized spacial score (nSPS) is 19.7. The quantitative estimate of drug-likeness (QED) is 0.339. The number of nitrogens with one attached hydrogen (secondary N) is 1.